The van der Waals surface area contributed by atoms with Crippen LogP contribution in [0.5, 0.6) is 5.75 Å². The van der Waals surface area contributed by atoms with Gasteiger partial charge in [-0.15, -0.1) is 0 Å². The summed E-state index contributed by atoms with van der Waals surface area (Å²) in [5.41, 5.74) is 2.06. The van der Waals surface area contributed by atoms with Crippen LogP contribution in [0.2, 0.25) is 5.02 Å². The van der Waals surface area contributed by atoms with E-state index >= 15 is 0 Å². The topological polar surface area (TPSA) is 45.0 Å². The molecule has 1 N–H and O–H groups in total. The molecule has 2 aromatic carbocycles. The van der Waals surface area contributed by atoms with E-state index in [-0.39, 0.29) is 6.61 Å². The molecule has 0 heterocycles. The van der Waals surface area contributed by atoms with Crippen LogP contribution < -0.4 is 10.1 Å². The van der Waals surface area contributed by atoms with Gasteiger partial charge in [0.15, 0.2) is 6.61 Å². The summed E-state index contributed by atoms with van der Waals surface area (Å²) in [4.78, 5) is 0. The summed E-state index contributed by atoms with van der Waals surface area (Å²) in [5.74, 6) is 0.694. The number of nitrogens with zero attached hydrogens (tertiary/aromatic N) is 1. The van der Waals surface area contributed by atoms with Gasteiger partial charge in [-0.2, -0.15) is 5.26 Å². The molecule has 5 heteroatoms. The highest BCUT2D eigenvalue weighted by molar-refractivity contribution is 9.10. The standard InChI is InChI=1S/C15H12BrClN2O/c16-14-6-3-12(17)9-15(14)19-10-11-1-4-13(5-2-11)20-8-7-18/h1-6,9,19H,8,10H2. The molecule has 0 aromatic heterocycles. The molecule has 0 radical (unpaired) electrons. The van der Waals surface area contributed by atoms with Crippen LogP contribution in [-0.2, 0) is 6.54 Å². The van der Waals surface area contributed by atoms with Gasteiger partial charge in [0.25, 0.3) is 0 Å². The number of halogens is 2. The van der Waals surface area contributed by atoms with Crippen molar-refractivity contribution < 1.29 is 4.74 Å². The van der Waals surface area contributed by atoms with Crippen molar-refractivity contribution in [1.82, 2.24) is 0 Å². The lowest BCUT2D eigenvalue weighted by molar-refractivity contribution is 0.368. The Morgan fingerprint density at radius 2 is 1.95 bits per heavy atom. The van der Waals surface area contributed by atoms with Crippen LogP contribution >= 0.6 is 27.5 Å². The zero-order valence-corrected chi connectivity index (χ0v) is 12.9. The van der Waals surface area contributed by atoms with Crippen LogP contribution in [0.15, 0.2) is 46.9 Å². The molecule has 0 unspecified atom stereocenters. The molecule has 0 saturated heterocycles. The van der Waals surface area contributed by atoms with Crippen molar-refractivity contribution in [2.45, 2.75) is 6.54 Å². The van der Waals surface area contributed by atoms with Crippen molar-refractivity contribution >= 4 is 33.2 Å². The molecule has 0 aliphatic carbocycles. The molecule has 0 aliphatic heterocycles. The summed E-state index contributed by atoms with van der Waals surface area (Å²) >= 11 is 9.44. The van der Waals surface area contributed by atoms with Crippen LogP contribution in [0.1, 0.15) is 5.56 Å². The molecular weight excluding hydrogens is 340 g/mol. The van der Waals surface area contributed by atoms with Gasteiger partial charge in [-0.3, -0.25) is 0 Å². The first kappa shape index (κ1) is 14.7. The summed E-state index contributed by atoms with van der Waals surface area (Å²) in [5, 5.41) is 12.4. The maximum Gasteiger partial charge on any atom is 0.174 e. The van der Waals surface area contributed by atoms with E-state index in [9.17, 15) is 0 Å². The van der Waals surface area contributed by atoms with Gasteiger partial charge < -0.3 is 10.1 Å². The quantitative estimate of drug-likeness (QED) is 0.855. The van der Waals surface area contributed by atoms with E-state index in [1.165, 1.54) is 0 Å². The predicted octanol–water partition coefficient (Wildman–Crippen LogP) is 4.62. The number of hydrogen-bond acceptors (Lipinski definition) is 3. The molecule has 0 amide bonds. The largest absolute Gasteiger partial charge is 0.479 e. The fourth-order valence-electron chi connectivity index (χ4n) is 1.65. The maximum atomic E-state index is 8.44. The Kier molecular flexibility index (Phi) is 5.28. The van der Waals surface area contributed by atoms with Crippen molar-refractivity contribution in [2.75, 3.05) is 11.9 Å². The van der Waals surface area contributed by atoms with Crippen molar-refractivity contribution in [2.24, 2.45) is 0 Å². The van der Waals surface area contributed by atoms with E-state index < -0.39 is 0 Å². The zero-order chi connectivity index (χ0) is 14.4. The molecule has 0 aliphatic rings. The molecule has 2 rings (SSSR count). The first-order valence-corrected chi connectivity index (χ1v) is 7.14. The van der Waals surface area contributed by atoms with E-state index in [0.29, 0.717) is 17.3 Å². The number of nitrogens with one attached hydrogen (secondary N) is 1. The van der Waals surface area contributed by atoms with Crippen LogP contribution in [0.25, 0.3) is 0 Å². The molecule has 0 saturated carbocycles. The number of nitriles is 1. The number of ether oxygens (including phenoxy) is 1. The molecule has 0 atom stereocenters. The minimum absolute atomic E-state index is 0.0626. The highest BCUT2D eigenvalue weighted by Crippen LogP contribution is 2.26. The van der Waals surface area contributed by atoms with Crippen LogP contribution in [0, 0.1) is 11.3 Å². The zero-order valence-electron chi connectivity index (χ0n) is 10.6. The Balaban J connectivity index is 1.97. The van der Waals surface area contributed by atoms with Crippen LogP contribution in [0.4, 0.5) is 5.69 Å². The van der Waals surface area contributed by atoms with Gasteiger partial charge in [0.1, 0.15) is 11.8 Å². The fourth-order valence-corrected chi connectivity index (χ4v) is 2.21. The first-order chi connectivity index (χ1) is 9.69. The van der Waals surface area contributed by atoms with Gasteiger partial charge in [0.2, 0.25) is 0 Å². The average Bonchev–Trinajstić information content (AvgIpc) is 2.47. The minimum atomic E-state index is 0.0626. The average molecular weight is 352 g/mol. The van der Waals surface area contributed by atoms with Gasteiger partial charge in [-0.1, -0.05) is 23.7 Å². The smallest absolute Gasteiger partial charge is 0.174 e. The summed E-state index contributed by atoms with van der Waals surface area (Å²) in [7, 11) is 0. The Hall–Kier alpha value is -1.70. The summed E-state index contributed by atoms with van der Waals surface area (Å²) < 4.78 is 6.17. The predicted molar refractivity (Wildman–Crippen MR) is 84.0 cm³/mol. The van der Waals surface area contributed by atoms with Crippen molar-refractivity contribution in [3.63, 3.8) is 0 Å². The van der Waals surface area contributed by atoms with Crippen LogP contribution in [0.3, 0.4) is 0 Å². The molecule has 0 bridgehead atoms. The fraction of sp³-hybridized carbons (Fsp3) is 0.133. The number of hydrogen-bond donors (Lipinski definition) is 1. The van der Waals surface area contributed by atoms with Crippen molar-refractivity contribution in [1.29, 1.82) is 5.26 Å². The normalized spacial score (nSPS) is 9.85. The molecular formula is C15H12BrClN2O. The highest BCUT2D eigenvalue weighted by atomic mass is 79.9. The Morgan fingerprint density at radius 3 is 2.65 bits per heavy atom. The lowest BCUT2D eigenvalue weighted by atomic mass is 10.2. The van der Waals surface area contributed by atoms with Gasteiger partial charge in [0.05, 0.1) is 5.69 Å². The molecule has 3 nitrogen and oxygen atoms in total. The number of rotatable bonds is 5. The second-order valence-corrected chi connectivity index (χ2v) is 5.36. The van der Waals surface area contributed by atoms with E-state index in [4.69, 9.17) is 21.6 Å². The van der Waals surface area contributed by atoms with E-state index in [2.05, 4.69) is 21.2 Å². The number of anilines is 1. The van der Waals surface area contributed by atoms with E-state index in [1.807, 2.05) is 48.5 Å². The van der Waals surface area contributed by atoms with E-state index in [0.717, 1.165) is 15.7 Å². The highest BCUT2D eigenvalue weighted by Gasteiger charge is 2.01. The van der Waals surface area contributed by atoms with E-state index in [1.54, 1.807) is 0 Å². The van der Waals surface area contributed by atoms with Crippen molar-refractivity contribution in [3.8, 4) is 11.8 Å². The van der Waals surface area contributed by atoms with Crippen molar-refractivity contribution in [3.05, 3.63) is 57.5 Å². The third-order valence-corrected chi connectivity index (χ3v) is 3.56. The molecule has 102 valence electrons. The summed E-state index contributed by atoms with van der Waals surface area (Å²) in [6.45, 7) is 0.741. The Labute approximate surface area is 131 Å². The second-order valence-electron chi connectivity index (χ2n) is 4.07. The summed E-state index contributed by atoms with van der Waals surface area (Å²) in [6.07, 6.45) is 0. The molecule has 2 aromatic rings. The lowest BCUT2D eigenvalue weighted by Crippen LogP contribution is -2.00. The Morgan fingerprint density at radius 1 is 1.20 bits per heavy atom. The molecule has 0 fully saturated rings. The number of benzene rings is 2. The van der Waals surface area contributed by atoms with Gasteiger partial charge in [0, 0.05) is 16.0 Å². The van der Waals surface area contributed by atoms with Crippen LogP contribution in [-0.4, -0.2) is 6.61 Å². The lowest BCUT2D eigenvalue weighted by Gasteiger charge is -2.09. The van der Waals surface area contributed by atoms with Gasteiger partial charge in [-0.05, 0) is 51.8 Å². The monoisotopic (exact) mass is 350 g/mol. The Bertz CT molecular complexity index is 623. The van der Waals surface area contributed by atoms with Gasteiger partial charge in [-0.25, -0.2) is 0 Å². The molecule has 0 spiro atoms. The maximum absolute atomic E-state index is 8.44. The molecule has 20 heavy (non-hydrogen) atoms. The summed E-state index contributed by atoms with van der Waals surface area (Å²) in [6, 6.07) is 15.2. The third-order valence-electron chi connectivity index (χ3n) is 2.64. The minimum Gasteiger partial charge on any atom is -0.479 e. The second kappa shape index (κ2) is 7.18. The SMILES string of the molecule is N#CCOc1ccc(CNc2cc(Cl)ccc2Br)cc1. The third kappa shape index (κ3) is 4.16. The first-order valence-electron chi connectivity index (χ1n) is 5.96. The van der Waals surface area contributed by atoms with Gasteiger partial charge >= 0.3 is 0 Å².